The van der Waals surface area contributed by atoms with E-state index in [0.717, 1.165) is 11.4 Å². The number of benzene rings is 1. The van der Waals surface area contributed by atoms with E-state index in [1.165, 1.54) is 0 Å². The topological polar surface area (TPSA) is 72.9 Å². The number of carbonyl (C=O) groups excluding carboxylic acids is 1. The van der Waals surface area contributed by atoms with Crippen LogP contribution < -0.4 is 11.1 Å². The fourth-order valence-corrected chi connectivity index (χ4v) is 2.07. The molecule has 3 N–H and O–H groups in total. The Hall–Kier alpha value is -2.14. The number of anilines is 1. The third kappa shape index (κ3) is 3.24. The van der Waals surface area contributed by atoms with Gasteiger partial charge in [-0.25, -0.2) is 4.98 Å². The van der Waals surface area contributed by atoms with Gasteiger partial charge in [0.15, 0.2) is 0 Å². The molecule has 5 nitrogen and oxygen atoms in total. The van der Waals surface area contributed by atoms with Crippen molar-refractivity contribution in [2.75, 3.05) is 11.9 Å². The zero-order valence-corrected chi connectivity index (χ0v) is 11.8. The summed E-state index contributed by atoms with van der Waals surface area (Å²) in [6.07, 6.45) is 5.30. The number of aromatic nitrogens is 2. The van der Waals surface area contributed by atoms with Gasteiger partial charge in [0.05, 0.1) is 12.2 Å². The first-order valence-electron chi connectivity index (χ1n) is 6.71. The number of nitrogens with one attached hydrogen (secondary N) is 1. The highest BCUT2D eigenvalue weighted by atomic mass is 16.1. The van der Waals surface area contributed by atoms with Gasteiger partial charge in [-0.15, -0.1) is 0 Å². The predicted molar refractivity (Wildman–Crippen MR) is 79.6 cm³/mol. The summed E-state index contributed by atoms with van der Waals surface area (Å²) >= 11 is 0. The number of hydrogen-bond acceptors (Lipinski definition) is 3. The standard InChI is InChI=1S/C15H20N4O/c1-11(2)14(9-16)15(20)18-12-4-3-5-13(8-12)19-7-6-17-10-19/h3-8,10-11,14H,9,16H2,1-2H3,(H,18,20). The lowest BCUT2D eigenvalue weighted by molar-refractivity contribution is -0.120. The van der Waals surface area contributed by atoms with Crippen molar-refractivity contribution in [2.24, 2.45) is 17.6 Å². The van der Waals surface area contributed by atoms with Crippen molar-refractivity contribution >= 4 is 11.6 Å². The molecule has 20 heavy (non-hydrogen) atoms. The molecule has 0 saturated heterocycles. The first-order chi connectivity index (χ1) is 9.61. The molecule has 0 aliphatic rings. The van der Waals surface area contributed by atoms with E-state index in [-0.39, 0.29) is 17.7 Å². The summed E-state index contributed by atoms with van der Waals surface area (Å²) < 4.78 is 1.89. The lowest BCUT2D eigenvalue weighted by atomic mass is 9.95. The third-order valence-corrected chi connectivity index (χ3v) is 3.31. The first-order valence-corrected chi connectivity index (χ1v) is 6.71. The fourth-order valence-electron chi connectivity index (χ4n) is 2.07. The van der Waals surface area contributed by atoms with Crippen molar-refractivity contribution < 1.29 is 4.79 Å². The summed E-state index contributed by atoms with van der Waals surface area (Å²) in [6.45, 7) is 4.35. The predicted octanol–water partition coefficient (Wildman–Crippen LogP) is 2.04. The molecule has 0 aliphatic heterocycles. The van der Waals surface area contributed by atoms with Crippen molar-refractivity contribution in [1.82, 2.24) is 9.55 Å². The number of nitrogens with two attached hydrogens (primary N) is 1. The smallest absolute Gasteiger partial charge is 0.229 e. The van der Waals surface area contributed by atoms with E-state index in [0.29, 0.717) is 6.54 Å². The van der Waals surface area contributed by atoms with Crippen LogP contribution in [0.25, 0.3) is 5.69 Å². The highest BCUT2D eigenvalue weighted by Gasteiger charge is 2.20. The molecule has 5 heteroatoms. The van der Waals surface area contributed by atoms with Gasteiger partial charge in [0.2, 0.25) is 5.91 Å². The first kappa shape index (κ1) is 14.3. The second-order valence-corrected chi connectivity index (χ2v) is 5.10. The van der Waals surface area contributed by atoms with Crippen LogP contribution in [0.5, 0.6) is 0 Å². The van der Waals surface area contributed by atoms with Crippen LogP contribution in [0.1, 0.15) is 13.8 Å². The highest BCUT2D eigenvalue weighted by Crippen LogP contribution is 2.17. The molecule has 1 aromatic carbocycles. The van der Waals surface area contributed by atoms with E-state index in [1.54, 1.807) is 12.5 Å². The van der Waals surface area contributed by atoms with Crippen LogP contribution in [-0.2, 0) is 4.79 Å². The molecule has 0 saturated carbocycles. The largest absolute Gasteiger partial charge is 0.330 e. The van der Waals surface area contributed by atoms with Crippen molar-refractivity contribution in [3.8, 4) is 5.69 Å². The van der Waals surface area contributed by atoms with Gasteiger partial charge in [-0.1, -0.05) is 19.9 Å². The van der Waals surface area contributed by atoms with Crippen molar-refractivity contribution in [2.45, 2.75) is 13.8 Å². The highest BCUT2D eigenvalue weighted by molar-refractivity contribution is 5.93. The van der Waals surface area contributed by atoms with Crippen molar-refractivity contribution in [1.29, 1.82) is 0 Å². The van der Waals surface area contributed by atoms with E-state index in [2.05, 4.69) is 10.3 Å². The summed E-state index contributed by atoms with van der Waals surface area (Å²) in [6, 6.07) is 7.64. The Morgan fingerprint density at radius 2 is 2.25 bits per heavy atom. The lowest BCUT2D eigenvalue weighted by Gasteiger charge is -2.18. The molecule has 1 atom stereocenters. The van der Waals surface area contributed by atoms with Crippen LogP contribution >= 0.6 is 0 Å². The zero-order valence-electron chi connectivity index (χ0n) is 11.8. The molecule has 0 radical (unpaired) electrons. The maximum atomic E-state index is 12.2. The average molecular weight is 272 g/mol. The maximum absolute atomic E-state index is 12.2. The van der Waals surface area contributed by atoms with Crippen LogP contribution in [0.4, 0.5) is 5.69 Å². The number of amides is 1. The SMILES string of the molecule is CC(C)C(CN)C(=O)Nc1cccc(-n2ccnc2)c1. The Labute approximate surface area is 118 Å². The molecular weight excluding hydrogens is 252 g/mol. The summed E-state index contributed by atoms with van der Waals surface area (Å²) in [5, 5.41) is 2.92. The number of imidazole rings is 1. The minimum absolute atomic E-state index is 0.0368. The Morgan fingerprint density at radius 3 is 2.85 bits per heavy atom. The lowest BCUT2D eigenvalue weighted by Crippen LogP contribution is -2.33. The van der Waals surface area contributed by atoms with Crippen LogP contribution in [0.15, 0.2) is 43.0 Å². The van der Waals surface area contributed by atoms with Gasteiger partial charge in [0.25, 0.3) is 0 Å². The van der Waals surface area contributed by atoms with Crippen LogP contribution in [0.3, 0.4) is 0 Å². The van der Waals surface area contributed by atoms with Crippen molar-refractivity contribution in [3.05, 3.63) is 43.0 Å². The van der Waals surface area contributed by atoms with Gasteiger partial charge < -0.3 is 15.6 Å². The van der Waals surface area contributed by atoms with Crippen molar-refractivity contribution in [3.63, 3.8) is 0 Å². The number of carbonyl (C=O) groups is 1. The molecule has 0 fully saturated rings. The monoisotopic (exact) mass is 272 g/mol. The number of nitrogens with zero attached hydrogens (tertiary/aromatic N) is 2. The minimum Gasteiger partial charge on any atom is -0.330 e. The van der Waals surface area contributed by atoms with Crippen LogP contribution in [0.2, 0.25) is 0 Å². The van der Waals surface area contributed by atoms with E-state index in [9.17, 15) is 4.79 Å². The molecule has 1 heterocycles. The van der Waals surface area contributed by atoms with E-state index in [4.69, 9.17) is 5.73 Å². The van der Waals surface area contributed by atoms with Crippen LogP contribution in [0, 0.1) is 11.8 Å². The summed E-state index contributed by atoms with van der Waals surface area (Å²) in [5.41, 5.74) is 7.38. The Morgan fingerprint density at radius 1 is 1.45 bits per heavy atom. The zero-order chi connectivity index (χ0) is 14.5. The Balaban J connectivity index is 2.14. The number of hydrogen-bond donors (Lipinski definition) is 2. The fraction of sp³-hybridized carbons (Fsp3) is 0.333. The van der Waals surface area contributed by atoms with Gasteiger partial charge in [-0.2, -0.15) is 0 Å². The Bertz CT molecular complexity index is 563. The molecular formula is C15H20N4O. The van der Waals surface area contributed by atoms with E-state index in [1.807, 2.05) is 48.9 Å². The van der Waals surface area contributed by atoms with Crippen LogP contribution in [-0.4, -0.2) is 22.0 Å². The van der Waals surface area contributed by atoms with Gasteiger partial charge in [0.1, 0.15) is 0 Å². The second-order valence-electron chi connectivity index (χ2n) is 5.10. The Kier molecular flexibility index (Phi) is 4.53. The molecule has 0 aliphatic carbocycles. The molecule has 0 spiro atoms. The molecule has 2 rings (SSSR count). The molecule has 1 aromatic heterocycles. The van der Waals surface area contributed by atoms with E-state index < -0.39 is 0 Å². The molecule has 1 unspecified atom stereocenters. The van der Waals surface area contributed by atoms with Gasteiger partial charge in [-0.3, -0.25) is 4.79 Å². The third-order valence-electron chi connectivity index (χ3n) is 3.31. The molecule has 1 amide bonds. The maximum Gasteiger partial charge on any atom is 0.229 e. The quantitative estimate of drug-likeness (QED) is 0.874. The van der Waals surface area contributed by atoms with Gasteiger partial charge >= 0.3 is 0 Å². The summed E-state index contributed by atoms with van der Waals surface area (Å²) in [4.78, 5) is 16.2. The van der Waals surface area contributed by atoms with Gasteiger partial charge in [0, 0.05) is 30.3 Å². The van der Waals surface area contributed by atoms with Gasteiger partial charge in [-0.05, 0) is 24.1 Å². The summed E-state index contributed by atoms with van der Waals surface area (Å²) in [5.74, 6) is 0.00835. The second kappa shape index (κ2) is 6.34. The normalized spacial score (nSPS) is 12.4. The molecule has 106 valence electrons. The number of rotatable bonds is 5. The molecule has 2 aromatic rings. The minimum atomic E-state index is -0.174. The van der Waals surface area contributed by atoms with E-state index >= 15 is 0 Å². The summed E-state index contributed by atoms with van der Waals surface area (Å²) in [7, 11) is 0. The molecule has 0 bridgehead atoms. The average Bonchev–Trinajstić information content (AvgIpc) is 2.93.